The van der Waals surface area contributed by atoms with Crippen molar-refractivity contribution >= 4 is 23.5 Å². The molecule has 0 amide bonds. The van der Waals surface area contributed by atoms with E-state index in [2.05, 4.69) is 0 Å². The summed E-state index contributed by atoms with van der Waals surface area (Å²) in [5.41, 5.74) is 0. The molecule has 0 unspecified atom stereocenters. The van der Waals surface area contributed by atoms with Gasteiger partial charge in [-0.05, 0) is 37.3 Å². The number of carbonyl (C=O) groups excluding carboxylic acids is 2. The minimum absolute atomic E-state index is 0.143. The van der Waals surface area contributed by atoms with Crippen LogP contribution in [0.1, 0.15) is 51.4 Å². The normalized spacial score (nSPS) is 14.8. The molecule has 0 bridgehead atoms. The molecule has 0 atom stereocenters. The summed E-state index contributed by atoms with van der Waals surface area (Å²) < 4.78 is 15.7. The fraction of sp³-hybridized carbons (Fsp3) is 0.579. The average Bonchev–Trinajstić information content (AvgIpc) is 2.62. The van der Waals surface area contributed by atoms with E-state index < -0.39 is 5.97 Å². The predicted molar refractivity (Wildman–Crippen MR) is 95.0 cm³/mol. The van der Waals surface area contributed by atoms with Gasteiger partial charge >= 0.3 is 11.9 Å². The predicted octanol–water partition coefficient (Wildman–Crippen LogP) is 4.55. The third kappa shape index (κ3) is 6.94. The van der Waals surface area contributed by atoms with Gasteiger partial charge in [0.05, 0.1) is 13.7 Å². The van der Waals surface area contributed by atoms with Crippen molar-refractivity contribution in [3.63, 3.8) is 0 Å². The zero-order chi connectivity index (χ0) is 18.1. The van der Waals surface area contributed by atoms with Crippen molar-refractivity contribution in [1.82, 2.24) is 0 Å². The SMILES string of the molecule is COc1cc(Cl)ccc1OC(=O)CCCC(=O)OCC1CCCCC1. The number of halogens is 1. The van der Waals surface area contributed by atoms with E-state index in [9.17, 15) is 9.59 Å². The second-order valence-corrected chi connectivity index (χ2v) is 6.75. The van der Waals surface area contributed by atoms with Crippen LogP contribution in [0.25, 0.3) is 0 Å². The monoisotopic (exact) mass is 368 g/mol. The summed E-state index contributed by atoms with van der Waals surface area (Å²) in [5, 5.41) is 0.498. The van der Waals surface area contributed by atoms with Crippen LogP contribution < -0.4 is 9.47 Å². The van der Waals surface area contributed by atoms with Crippen molar-refractivity contribution in [2.24, 2.45) is 5.92 Å². The van der Waals surface area contributed by atoms with E-state index in [0.717, 1.165) is 12.8 Å². The molecule has 0 saturated heterocycles. The molecule has 0 spiro atoms. The fourth-order valence-corrected chi connectivity index (χ4v) is 3.08. The molecule has 0 heterocycles. The Morgan fingerprint density at radius 3 is 2.52 bits per heavy atom. The lowest BCUT2D eigenvalue weighted by Crippen LogP contribution is -2.17. The first-order valence-corrected chi connectivity index (χ1v) is 9.16. The lowest BCUT2D eigenvalue weighted by Gasteiger charge is -2.20. The number of hydrogen-bond donors (Lipinski definition) is 0. The Morgan fingerprint density at radius 1 is 1.08 bits per heavy atom. The molecule has 2 rings (SSSR count). The van der Waals surface area contributed by atoms with Crippen LogP contribution in [-0.2, 0) is 14.3 Å². The molecule has 1 fully saturated rings. The summed E-state index contributed by atoms with van der Waals surface area (Å²) in [4.78, 5) is 23.6. The van der Waals surface area contributed by atoms with Gasteiger partial charge in [-0.25, -0.2) is 0 Å². The molecule has 0 aliphatic heterocycles. The van der Waals surface area contributed by atoms with Gasteiger partial charge in [-0.1, -0.05) is 30.9 Å². The van der Waals surface area contributed by atoms with Gasteiger partial charge in [0.25, 0.3) is 0 Å². The molecule has 6 heteroatoms. The van der Waals surface area contributed by atoms with E-state index in [1.165, 1.54) is 26.4 Å². The highest BCUT2D eigenvalue weighted by Crippen LogP contribution is 2.30. The van der Waals surface area contributed by atoms with Gasteiger partial charge in [0.1, 0.15) is 0 Å². The zero-order valence-corrected chi connectivity index (χ0v) is 15.3. The number of esters is 2. The first-order chi connectivity index (χ1) is 12.1. The van der Waals surface area contributed by atoms with Gasteiger partial charge in [0.15, 0.2) is 11.5 Å². The first-order valence-electron chi connectivity index (χ1n) is 8.78. The minimum Gasteiger partial charge on any atom is -0.493 e. The van der Waals surface area contributed by atoms with Crippen molar-refractivity contribution in [1.29, 1.82) is 0 Å². The minimum atomic E-state index is -0.416. The van der Waals surface area contributed by atoms with Crippen LogP contribution in [0.2, 0.25) is 5.02 Å². The van der Waals surface area contributed by atoms with E-state index in [0.29, 0.717) is 35.5 Å². The Morgan fingerprint density at radius 2 is 1.80 bits per heavy atom. The largest absolute Gasteiger partial charge is 0.493 e. The van der Waals surface area contributed by atoms with E-state index in [1.54, 1.807) is 18.2 Å². The van der Waals surface area contributed by atoms with Crippen molar-refractivity contribution in [2.75, 3.05) is 13.7 Å². The molecular weight excluding hydrogens is 344 g/mol. The molecule has 1 aromatic rings. The maximum Gasteiger partial charge on any atom is 0.311 e. The number of hydrogen-bond acceptors (Lipinski definition) is 5. The second-order valence-electron chi connectivity index (χ2n) is 6.31. The zero-order valence-electron chi connectivity index (χ0n) is 14.6. The van der Waals surface area contributed by atoms with Crippen molar-refractivity contribution in [2.45, 2.75) is 51.4 Å². The Labute approximate surface area is 153 Å². The van der Waals surface area contributed by atoms with E-state index in [1.807, 2.05) is 0 Å². The van der Waals surface area contributed by atoms with Gasteiger partial charge in [-0.3, -0.25) is 9.59 Å². The molecule has 1 aliphatic rings. The van der Waals surface area contributed by atoms with Crippen LogP contribution in [0.3, 0.4) is 0 Å². The first kappa shape index (κ1) is 19.6. The lowest BCUT2D eigenvalue weighted by molar-refractivity contribution is -0.145. The molecule has 1 aliphatic carbocycles. The third-order valence-electron chi connectivity index (χ3n) is 4.32. The number of ether oxygens (including phenoxy) is 3. The maximum atomic E-state index is 11.9. The molecule has 5 nitrogen and oxygen atoms in total. The van der Waals surface area contributed by atoms with Crippen LogP contribution >= 0.6 is 11.6 Å². The van der Waals surface area contributed by atoms with Gasteiger partial charge in [0.2, 0.25) is 0 Å². The summed E-state index contributed by atoms with van der Waals surface area (Å²) >= 11 is 5.86. The number of carbonyl (C=O) groups is 2. The van der Waals surface area contributed by atoms with Gasteiger partial charge < -0.3 is 14.2 Å². The third-order valence-corrected chi connectivity index (χ3v) is 4.55. The van der Waals surface area contributed by atoms with Crippen molar-refractivity contribution in [3.8, 4) is 11.5 Å². The van der Waals surface area contributed by atoms with Crippen LogP contribution in [0, 0.1) is 5.92 Å². The maximum absolute atomic E-state index is 11.9. The molecule has 0 radical (unpaired) electrons. The molecule has 25 heavy (non-hydrogen) atoms. The fourth-order valence-electron chi connectivity index (χ4n) is 2.91. The van der Waals surface area contributed by atoms with E-state index >= 15 is 0 Å². The van der Waals surface area contributed by atoms with Crippen LogP contribution in [-0.4, -0.2) is 25.7 Å². The average molecular weight is 369 g/mol. The summed E-state index contributed by atoms with van der Waals surface area (Å²) in [6, 6.07) is 4.78. The van der Waals surface area contributed by atoms with Gasteiger partial charge in [0, 0.05) is 23.9 Å². The lowest BCUT2D eigenvalue weighted by atomic mass is 9.90. The summed E-state index contributed by atoms with van der Waals surface area (Å²) in [6.45, 7) is 0.505. The summed E-state index contributed by atoms with van der Waals surface area (Å²) in [6.07, 6.45) is 6.78. The Bertz CT molecular complexity index is 581. The smallest absolute Gasteiger partial charge is 0.311 e. The Kier molecular flexibility index (Phi) is 8.06. The highest BCUT2D eigenvalue weighted by molar-refractivity contribution is 6.30. The molecule has 1 saturated carbocycles. The molecular formula is C19H25ClO5. The number of rotatable bonds is 8. The molecule has 0 N–H and O–H groups in total. The highest BCUT2D eigenvalue weighted by atomic mass is 35.5. The van der Waals surface area contributed by atoms with Gasteiger partial charge in [-0.15, -0.1) is 0 Å². The Hall–Kier alpha value is -1.75. The Balaban J connectivity index is 1.65. The van der Waals surface area contributed by atoms with Crippen molar-refractivity contribution < 1.29 is 23.8 Å². The topological polar surface area (TPSA) is 61.8 Å². The molecule has 1 aromatic carbocycles. The number of methoxy groups -OCH3 is 1. The van der Waals surface area contributed by atoms with E-state index in [-0.39, 0.29) is 18.8 Å². The number of benzene rings is 1. The second kappa shape index (κ2) is 10.3. The summed E-state index contributed by atoms with van der Waals surface area (Å²) in [5.74, 6) is 0.549. The van der Waals surface area contributed by atoms with E-state index in [4.69, 9.17) is 25.8 Å². The standard InChI is InChI=1S/C19H25ClO5/c1-23-17-12-15(20)10-11-16(17)25-19(22)9-5-8-18(21)24-13-14-6-3-2-4-7-14/h10-12,14H,2-9,13H2,1H3. The van der Waals surface area contributed by atoms with Gasteiger partial charge in [-0.2, -0.15) is 0 Å². The van der Waals surface area contributed by atoms with Crippen LogP contribution in [0.15, 0.2) is 18.2 Å². The molecule has 0 aromatic heterocycles. The molecule has 138 valence electrons. The summed E-state index contributed by atoms with van der Waals surface area (Å²) in [7, 11) is 1.48. The van der Waals surface area contributed by atoms with Crippen molar-refractivity contribution in [3.05, 3.63) is 23.2 Å². The quantitative estimate of drug-likeness (QED) is 0.497. The van der Waals surface area contributed by atoms with Crippen LogP contribution in [0.4, 0.5) is 0 Å². The highest BCUT2D eigenvalue weighted by Gasteiger charge is 2.16. The van der Waals surface area contributed by atoms with Crippen LogP contribution in [0.5, 0.6) is 11.5 Å².